The number of allylic oxidation sites excluding steroid dienone is 3. The minimum Gasteiger partial charge on any atom is -0.389 e. The molecule has 0 fully saturated rings. The summed E-state index contributed by atoms with van der Waals surface area (Å²) in [5, 5.41) is 10.6. The number of rotatable bonds is 6. The highest BCUT2D eigenvalue weighted by Crippen LogP contribution is 2.20. The number of nitrogens with one attached hydrogen (secondary N) is 1. The van der Waals surface area contributed by atoms with Crippen LogP contribution < -0.4 is 5.32 Å². The van der Waals surface area contributed by atoms with Crippen LogP contribution in [0.25, 0.3) is 11.1 Å². The van der Waals surface area contributed by atoms with Crippen molar-refractivity contribution in [2.45, 2.75) is 75.7 Å². The molecule has 0 aliphatic heterocycles. The summed E-state index contributed by atoms with van der Waals surface area (Å²) in [6.45, 7) is 22.4. The van der Waals surface area contributed by atoms with E-state index in [0.717, 1.165) is 11.1 Å². The third-order valence-corrected chi connectivity index (χ3v) is 5.01. The standard InChI is InChI=1S/C15H14O.C6H11NO3.C6H12.C4H8.C2H6/c1-11-3-5-14(6-4-11)15-9-7-13(8-10-15)12(2)16;1-4(5(9)3-8)6(10)7-2;1-4-6(3)5-2;1-4(2)3;1-2/h3-10H,1-2H3;4,8H,3H2,1-2H3,(H,7,10);4H,5H2,1-3H3;1H2,2-3H3;1-2H3/b;;6-4+;;. The van der Waals surface area contributed by atoms with Gasteiger partial charge in [0.05, 0.1) is 5.92 Å². The quantitative estimate of drug-likeness (QED) is 0.229. The third-order valence-electron chi connectivity index (χ3n) is 5.01. The van der Waals surface area contributed by atoms with Crippen LogP contribution in [0, 0.1) is 12.8 Å². The molecule has 2 aromatic carbocycles. The molecule has 38 heavy (non-hydrogen) atoms. The Labute approximate surface area is 232 Å². The lowest BCUT2D eigenvalue weighted by atomic mass is 10.0. The van der Waals surface area contributed by atoms with Gasteiger partial charge >= 0.3 is 0 Å². The molecule has 5 nitrogen and oxygen atoms in total. The van der Waals surface area contributed by atoms with Gasteiger partial charge in [-0.15, -0.1) is 6.58 Å². The summed E-state index contributed by atoms with van der Waals surface area (Å²) < 4.78 is 0. The van der Waals surface area contributed by atoms with Crippen molar-refractivity contribution in [2.24, 2.45) is 5.92 Å². The Bertz CT molecular complexity index is 951. The molecule has 0 aliphatic carbocycles. The number of benzene rings is 2. The second-order valence-electron chi connectivity index (χ2n) is 8.66. The Kier molecular flexibility index (Phi) is 24.8. The van der Waals surface area contributed by atoms with Crippen molar-refractivity contribution in [2.75, 3.05) is 13.7 Å². The normalized spacial score (nSPS) is 10.3. The van der Waals surface area contributed by atoms with Gasteiger partial charge < -0.3 is 10.4 Å². The largest absolute Gasteiger partial charge is 0.389 e. The summed E-state index contributed by atoms with van der Waals surface area (Å²) in [5.41, 5.74) is 6.97. The molecule has 2 N–H and O–H groups in total. The number of amides is 1. The van der Waals surface area contributed by atoms with Gasteiger partial charge in [0, 0.05) is 12.6 Å². The number of Topliss-reactive ketones (excluding diaryl/α,β-unsaturated/α-hetero) is 2. The van der Waals surface area contributed by atoms with E-state index in [4.69, 9.17) is 5.11 Å². The zero-order valence-corrected chi connectivity index (χ0v) is 25.6. The first-order valence-corrected chi connectivity index (χ1v) is 13.1. The Morgan fingerprint density at radius 2 is 1.32 bits per heavy atom. The van der Waals surface area contributed by atoms with Crippen molar-refractivity contribution in [3.63, 3.8) is 0 Å². The van der Waals surface area contributed by atoms with E-state index in [-0.39, 0.29) is 11.7 Å². The maximum atomic E-state index is 11.1. The molecule has 1 unspecified atom stereocenters. The first kappa shape index (κ1) is 39.2. The highest BCUT2D eigenvalue weighted by atomic mass is 16.3. The van der Waals surface area contributed by atoms with E-state index in [0.29, 0.717) is 0 Å². The van der Waals surface area contributed by atoms with Crippen molar-refractivity contribution in [3.05, 3.63) is 83.5 Å². The molecule has 0 heterocycles. The van der Waals surface area contributed by atoms with Crippen LogP contribution in [0.4, 0.5) is 0 Å². The number of ketones is 2. The Morgan fingerprint density at radius 1 is 0.921 bits per heavy atom. The summed E-state index contributed by atoms with van der Waals surface area (Å²) in [6.07, 6.45) is 3.33. The van der Waals surface area contributed by atoms with Gasteiger partial charge in [0.2, 0.25) is 5.91 Å². The second-order valence-corrected chi connectivity index (χ2v) is 8.66. The predicted molar refractivity (Wildman–Crippen MR) is 164 cm³/mol. The Balaban J connectivity index is -0.000000478. The van der Waals surface area contributed by atoms with Gasteiger partial charge in [0.15, 0.2) is 11.6 Å². The number of aryl methyl sites for hydroxylation is 1. The fraction of sp³-hybridized carbons (Fsp3) is 0.424. The molecule has 0 saturated heterocycles. The summed E-state index contributed by atoms with van der Waals surface area (Å²) in [7, 11) is 1.45. The van der Waals surface area contributed by atoms with Crippen LogP contribution in [-0.2, 0) is 9.59 Å². The molecule has 0 saturated carbocycles. The number of hydrogen-bond acceptors (Lipinski definition) is 4. The maximum Gasteiger partial charge on any atom is 0.230 e. The van der Waals surface area contributed by atoms with E-state index in [1.807, 2.05) is 52.0 Å². The fourth-order valence-electron chi connectivity index (χ4n) is 2.35. The maximum absolute atomic E-state index is 11.1. The molecule has 0 spiro atoms. The first-order valence-electron chi connectivity index (χ1n) is 13.1. The van der Waals surface area contributed by atoms with Crippen LogP contribution in [0.15, 0.2) is 72.3 Å². The Morgan fingerprint density at radius 3 is 1.58 bits per heavy atom. The van der Waals surface area contributed by atoms with Gasteiger partial charge in [-0.1, -0.05) is 92.1 Å². The number of hydrogen-bond donors (Lipinski definition) is 2. The van der Waals surface area contributed by atoms with E-state index < -0.39 is 18.3 Å². The molecular formula is C33H51NO4. The van der Waals surface area contributed by atoms with Crippen LogP contribution in [0.3, 0.4) is 0 Å². The van der Waals surface area contributed by atoms with E-state index in [9.17, 15) is 14.4 Å². The summed E-state index contributed by atoms with van der Waals surface area (Å²) in [5.74, 6) is -1.45. The molecule has 212 valence electrons. The van der Waals surface area contributed by atoms with Gasteiger partial charge in [-0.3, -0.25) is 14.4 Å². The lowest BCUT2D eigenvalue weighted by Gasteiger charge is -2.04. The third kappa shape index (κ3) is 19.8. The van der Waals surface area contributed by atoms with Crippen LogP contribution in [0.1, 0.15) is 84.7 Å². The monoisotopic (exact) mass is 525 g/mol. The van der Waals surface area contributed by atoms with E-state index >= 15 is 0 Å². The lowest BCUT2D eigenvalue weighted by molar-refractivity contribution is -0.134. The number of carbonyl (C=O) groups is 3. The van der Waals surface area contributed by atoms with Crippen LogP contribution in [0.5, 0.6) is 0 Å². The predicted octanol–water partition coefficient (Wildman–Crippen LogP) is 7.77. The number of carbonyl (C=O) groups excluding carboxylic acids is 3. The van der Waals surface area contributed by atoms with Crippen molar-refractivity contribution < 1.29 is 19.5 Å². The minimum atomic E-state index is -0.741. The zero-order valence-electron chi connectivity index (χ0n) is 25.6. The molecule has 1 atom stereocenters. The minimum absolute atomic E-state index is 0.107. The smallest absolute Gasteiger partial charge is 0.230 e. The van der Waals surface area contributed by atoms with E-state index in [1.165, 1.54) is 42.7 Å². The second kappa shape index (κ2) is 24.1. The van der Waals surface area contributed by atoms with Gasteiger partial charge in [-0.25, -0.2) is 0 Å². The van der Waals surface area contributed by atoms with Crippen molar-refractivity contribution in [1.82, 2.24) is 5.32 Å². The molecule has 0 aliphatic rings. The lowest BCUT2D eigenvalue weighted by Crippen LogP contribution is -2.32. The molecule has 0 aromatic heterocycles. The van der Waals surface area contributed by atoms with Gasteiger partial charge in [-0.05, 0) is 66.0 Å². The first-order chi connectivity index (χ1) is 17.8. The van der Waals surface area contributed by atoms with Gasteiger partial charge in [0.25, 0.3) is 0 Å². The fourth-order valence-corrected chi connectivity index (χ4v) is 2.35. The zero-order chi connectivity index (χ0) is 30.3. The van der Waals surface area contributed by atoms with E-state index in [2.05, 4.69) is 69.9 Å². The molecule has 5 heteroatoms. The van der Waals surface area contributed by atoms with Crippen LogP contribution in [-0.4, -0.2) is 36.2 Å². The van der Waals surface area contributed by atoms with Crippen LogP contribution >= 0.6 is 0 Å². The van der Waals surface area contributed by atoms with Crippen LogP contribution in [0.2, 0.25) is 0 Å². The van der Waals surface area contributed by atoms with E-state index in [1.54, 1.807) is 6.92 Å². The summed E-state index contributed by atoms with van der Waals surface area (Å²) >= 11 is 0. The molecule has 0 radical (unpaired) electrons. The van der Waals surface area contributed by atoms with Gasteiger partial charge in [-0.2, -0.15) is 0 Å². The Hall–Kier alpha value is -3.31. The summed E-state index contributed by atoms with van der Waals surface area (Å²) in [6, 6.07) is 16.1. The van der Waals surface area contributed by atoms with Crippen molar-refractivity contribution in [1.29, 1.82) is 0 Å². The molecular weight excluding hydrogens is 474 g/mol. The topological polar surface area (TPSA) is 83.5 Å². The summed E-state index contributed by atoms with van der Waals surface area (Å²) in [4.78, 5) is 32.4. The molecule has 1 amide bonds. The SMILES string of the molecule is C/C=C(\C)CC.C=C(C)C.CC.CC(=O)c1ccc(-c2ccc(C)cc2)cc1.CNC(=O)C(C)C(=O)CO. The van der Waals surface area contributed by atoms with Gasteiger partial charge in [0.1, 0.15) is 6.61 Å². The number of aliphatic hydroxyl groups is 1. The van der Waals surface area contributed by atoms with Crippen molar-refractivity contribution in [3.8, 4) is 11.1 Å². The molecule has 2 aromatic rings. The van der Waals surface area contributed by atoms with Crippen molar-refractivity contribution >= 4 is 17.5 Å². The highest BCUT2D eigenvalue weighted by Gasteiger charge is 2.18. The average molecular weight is 526 g/mol. The molecule has 0 bridgehead atoms. The number of aliphatic hydroxyl groups excluding tert-OH is 1. The molecule has 2 rings (SSSR count). The highest BCUT2D eigenvalue weighted by molar-refractivity contribution is 6.01. The average Bonchev–Trinajstić information content (AvgIpc) is 2.93.